The van der Waals surface area contributed by atoms with Gasteiger partial charge < -0.3 is 9.47 Å². The zero-order chi connectivity index (χ0) is 14.4. The van der Waals surface area contributed by atoms with Gasteiger partial charge in [0.15, 0.2) is 0 Å². The van der Waals surface area contributed by atoms with Gasteiger partial charge in [-0.05, 0) is 36.8 Å². The lowest BCUT2D eigenvalue weighted by Gasteiger charge is -2.10. The zero-order valence-corrected chi connectivity index (χ0v) is 13.7. The molecule has 106 valence electrons. The Bertz CT molecular complexity index is 576. The average Bonchev–Trinajstić information content (AvgIpc) is 2.41. The first-order chi connectivity index (χ1) is 9.69. The minimum absolute atomic E-state index is 0.527. The van der Waals surface area contributed by atoms with Crippen LogP contribution in [0.15, 0.2) is 42.5 Å². The Hall–Kier alpha value is -0.900. The summed E-state index contributed by atoms with van der Waals surface area (Å²) >= 11 is 15.4. The topological polar surface area (TPSA) is 18.5 Å². The maximum Gasteiger partial charge on any atom is 0.138 e. The van der Waals surface area contributed by atoms with Gasteiger partial charge >= 0.3 is 0 Å². The minimum Gasteiger partial charge on any atom is -0.492 e. The van der Waals surface area contributed by atoms with Crippen LogP contribution in [0.2, 0.25) is 10.0 Å². The Morgan fingerprint density at radius 2 is 1.80 bits per heavy atom. The quantitative estimate of drug-likeness (QED) is 0.458. The Morgan fingerprint density at radius 1 is 1.00 bits per heavy atom. The molecule has 2 nitrogen and oxygen atoms in total. The van der Waals surface area contributed by atoms with Gasteiger partial charge in [-0.15, -0.1) is 0 Å². The van der Waals surface area contributed by atoms with E-state index >= 15 is 0 Å². The van der Waals surface area contributed by atoms with E-state index in [1.54, 1.807) is 24.3 Å². The van der Waals surface area contributed by atoms with Crippen molar-refractivity contribution in [1.82, 2.24) is 0 Å². The molecule has 0 unspecified atom stereocenters. The first kappa shape index (κ1) is 15.5. The van der Waals surface area contributed by atoms with E-state index in [-0.39, 0.29) is 0 Å². The fourth-order valence-corrected chi connectivity index (χ4v) is 2.20. The molecule has 2 rings (SSSR count). The minimum atomic E-state index is 0.527. The van der Waals surface area contributed by atoms with Crippen LogP contribution in [-0.2, 0) is 0 Å². The number of hydrogen-bond donors (Lipinski definition) is 0. The predicted octanol–water partition coefficient (Wildman–Crippen LogP) is 5.95. The van der Waals surface area contributed by atoms with Gasteiger partial charge in [-0.25, -0.2) is 0 Å². The monoisotopic (exact) mass is 374 g/mol. The van der Waals surface area contributed by atoms with Crippen molar-refractivity contribution < 1.29 is 9.47 Å². The lowest BCUT2D eigenvalue weighted by Crippen LogP contribution is -1.98. The van der Waals surface area contributed by atoms with E-state index in [4.69, 9.17) is 32.7 Å². The van der Waals surface area contributed by atoms with Gasteiger partial charge in [0.05, 0.1) is 11.6 Å². The maximum absolute atomic E-state index is 6.16. The smallest absolute Gasteiger partial charge is 0.138 e. The highest BCUT2D eigenvalue weighted by Gasteiger charge is 2.05. The highest BCUT2D eigenvalue weighted by atomic mass is 79.9. The molecule has 0 atom stereocenters. The van der Waals surface area contributed by atoms with E-state index in [0.29, 0.717) is 33.9 Å². The summed E-state index contributed by atoms with van der Waals surface area (Å²) in [6.45, 7) is 0.624. The van der Waals surface area contributed by atoms with Crippen molar-refractivity contribution >= 4 is 39.1 Å². The van der Waals surface area contributed by atoms with Gasteiger partial charge in [0.1, 0.15) is 17.2 Å². The molecule has 2 aromatic carbocycles. The number of halogens is 3. The zero-order valence-electron chi connectivity index (χ0n) is 10.6. The number of ether oxygens (including phenoxy) is 2. The molecule has 0 bridgehead atoms. The fraction of sp³-hybridized carbons (Fsp3) is 0.200. The van der Waals surface area contributed by atoms with E-state index in [9.17, 15) is 0 Å². The molecule has 0 heterocycles. The Kier molecular flexibility index (Phi) is 6.02. The van der Waals surface area contributed by atoms with Crippen molar-refractivity contribution in [3.8, 4) is 17.2 Å². The molecule has 0 aliphatic rings. The maximum atomic E-state index is 6.16. The summed E-state index contributed by atoms with van der Waals surface area (Å²) in [6.07, 6.45) is 0.928. The Labute approximate surface area is 136 Å². The van der Waals surface area contributed by atoms with Crippen LogP contribution < -0.4 is 9.47 Å². The van der Waals surface area contributed by atoms with Crippen molar-refractivity contribution in [1.29, 1.82) is 0 Å². The van der Waals surface area contributed by atoms with E-state index in [2.05, 4.69) is 15.9 Å². The van der Waals surface area contributed by atoms with Crippen LogP contribution in [-0.4, -0.2) is 11.9 Å². The van der Waals surface area contributed by atoms with Crippen LogP contribution in [0, 0.1) is 0 Å². The molecule has 0 aliphatic heterocycles. The average molecular weight is 376 g/mol. The van der Waals surface area contributed by atoms with Crippen LogP contribution in [0.5, 0.6) is 17.2 Å². The third-order valence-corrected chi connectivity index (χ3v) is 3.56. The van der Waals surface area contributed by atoms with Gasteiger partial charge in [-0.2, -0.15) is 0 Å². The van der Waals surface area contributed by atoms with Crippen LogP contribution >= 0.6 is 39.1 Å². The SMILES string of the molecule is Clc1cccc(Oc2ccc(OCCCBr)c(Cl)c2)c1. The van der Waals surface area contributed by atoms with Crippen LogP contribution in [0.25, 0.3) is 0 Å². The molecule has 0 fully saturated rings. The van der Waals surface area contributed by atoms with E-state index < -0.39 is 0 Å². The van der Waals surface area contributed by atoms with Crippen molar-refractivity contribution in [3.63, 3.8) is 0 Å². The number of rotatable bonds is 6. The largest absolute Gasteiger partial charge is 0.492 e. The van der Waals surface area contributed by atoms with Crippen LogP contribution in [0.4, 0.5) is 0 Å². The Balaban J connectivity index is 2.05. The van der Waals surface area contributed by atoms with Crippen molar-refractivity contribution in [2.45, 2.75) is 6.42 Å². The molecule has 0 N–H and O–H groups in total. The summed E-state index contributed by atoms with van der Waals surface area (Å²) in [5, 5.41) is 2.06. The molecular formula is C15H13BrCl2O2. The van der Waals surface area contributed by atoms with Crippen LogP contribution in [0.1, 0.15) is 6.42 Å². The molecule has 0 amide bonds. The highest BCUT2D eigenvalue weighted by molar-refractivity contribution is 9.09. The molecule has 0 saturated carbocycles. The molecular weight excluding hydrogens is 363 g/mol. The predicted molar refractivity (Wildman–Crippen MR) is 86.9 cm³/mol. The first-order valence-corrected chi connectivity index (χ1v) is 7.98. The molecule has 2 aromatic rings. The lowest BCUT2D eigenvalue weighted by molar-refractivity contribution is 0.319. The van der Waals surface area contributed by atoms with Gasteiger partial charge in [0, 0.05) is 16.4 Å². The summed E-state index contributed by atoms with van der Waals surface area (Å²) in [6, 6.07) is 12.5. The molecule has 0 spiro atoms. The summed E-state index contributed by atoms with van der Waals surface area (Å²) in [4.78, 5) is 0. The number of alkyl halides is 1. The third-order valence-electron chi connectivity index (χ3n) is 2.47. The molecule has 5 heteroatoms. The van der Waals surface area contributed by atoms with E-state index in [1.165, 1.54) is 0 Å². The normalized spacial score (nSPS) is 10.3. The third kappa shape index (κ3) is 4.58. The van der Waals surface area contributed by atoms with Crippen LogP contribution in [0.3, 0.4) is 0 Å². The van der Waals surface area contributed by atoms with Gasteiger partial charge in [0.25, 0.3) is 0 Å². The molecule has 0 aromatic heterocycles. The second kappa shape index (κ2) is 7.77. The second-order valence-corrected chi connectivity index (χ2v) is 5.68. The van der Waals surface area contributed by atoms with Gasteiger partial charge in [0.2, 0.25) is 0 Å². The van der Waals surface area contributed by atoms with Crippen molar-refractivity contribution in [3.05, 3.63) is 52.5 Å². The molecule has 20 heavy (non-hydrogen) atoms. The number of benzene rings is 2. The van der Waals surface area contributed by atoms with Gasteiger partial charge in [-0.1, -0.05) is 45.2 Å². The summed E-state index contributed by atoms with van der Waals surface area (Å²) < 4.78 is 11.3. The summed E-state index contributed by atoms with van der Waals surface area (Å²) in [7, 11) is 0. The summed E-state index contributed by atoms with van der Waals surface area (Å²) in [5.41, 5.74) is 0. The van der Waals surface area contributed by atoms with E-state index in [0.717, 1.165) is 11.8 Å². The number of hydrogen-bond acceptors (Lipinski definition) is 2. The summed E-state index contributed by atoms with van der Waals surface area (Å²) in [5.74, 6) is 1.97. The molecule has 0 saturated heterocycles. The second-order valence-electron chi connectivity index (χ2n) is 4.04. The van der Waals surface area contributed by atoms with E-state index in [1.807, 2.05) is 18.2 Å². The highest BCUT2D eigenvalue weighted by Crippen LogP contribution is 2.32. The first-order valence-electron chi connectivity index (χ1n) is 6.11. The Morgan fingerprint density at radius 3 is 2.50 bits per heavy atom. The van der Waals surface area contributed by atoms with Crippen molar-refractivity contribution in [2.75, 3.05) is 11.9 Å². The van der Waals surface area contributed by atoms with Gasteiger partial charge in [-0.3, -0.25) is 0 Å². The fourth-order valence-electron chi connectivity index (χ4n) is 1.57. The molecule has 0 aliphatic carbocycles. The standard InChI is InChI=1S/C15H13BrCl2O2/c16-7-2-8-19-15-6-5-13(10-14(15)18)20-12-4-1-3-11(17)9-12/h1,3-6,9-10H,2,7-8H2. The molecule has 0 radical (unpaired) electrons. The van der Waals surface area contributed by atoms with Crippen molar-refractivity contribution in [2.24, 2.45) is 0 Å². The lowest BCUT2D eigenvalue weighted by atomic mass is 10.3.